The summed E-state index contributed by atoms with van der Waals surface area (Å²) in [4.78, 5) is 32.0. The largest absolute Gasteiger partial charge is 0.481 e. The van der Waals surface area contributed by atoms with Crippen LogP contribution < -0.4 is 21.5 Å². The van der Waals surface area contributed by atoms with E-state index in [0.29, 0.717) is 12.8 Å². The Morgan fingerprint density at radius 3 is 2.08 bits per heavy atom. The van der Waals surface area contributed by atoms with Crippen LogP contribution in [0.15, 0.2) is 0 Å². The third-order valence-corrected chi connectivity index (χ3v) is 4.78. The first-order valence-electron chi connectivity index (χ1n) is 7.94. The molecule has 0 spiro atoms. The van der Waals surface area contributed by atoms with Crippen molar-refractivity contribution in [1.82, 2.24) is 10.6 Å². The van der Waals surface area contributed by atoms with E-state index in [1.807, 2.05) is 34.6 Å². The van der Waals surface area contributed by atoms with E-state index >= 15 is 0 Å². The lowest BCUT2D eigenvalue weighted by atomic mass is 9.89. The summed E-state index contributed by atoms with van der Waals surface area (Å²) in [6.45, 7) is 9.53. The van der Waals surface area contributed by atoms with E-state index in [9.17, 15) is 14.4 Å². The van der Waals surface area contributed by atoms with E-state index in [0.717, 1.165) is 18.4 Å². The Kier molecular flexibility index (Phi) is 13.5. The van der Waals surface area contributed by atoms with E-state index in [2.05, 4.69) is 10.6 Å². The van der Waals surface area contributed by atoms with Crippen LogP contribution >= 0.6 is 11.9 Å². The first kappa shape index (κ1) is 24.9. The number of amides is 2. The van der Waals surface area contributed by atoms with Gasteiger partial charge < -0.3 is 21.5 Å². The van der Waals surface area contributed by atoms with E-state index < -0.39 is 12.0 Å². The van der Waals surface area contributed by atoms with Crippen molar-refractivity contribution in [2.24, 2.45) is 16.8 Å². The minimum absolute atomic E-state index is 0.0556. The highest BCUT2D eigenvalue weighted by molar-refractivity contribution is 7.98. The predicted octanol–water partition coefficient (Wildman–Crippen LogP) is 0.457. The van der Waals surface area contributed by atoms with Crippen molar-refractivity contribution in [3.05, 3.63) is 0 Å². The number of carbonyl (C=O) groups excluding carboxylic acids is 2. The lowest BCUT2D eigenvalue weighted by molar-refractivity contribution is -0.143. The number of carbonyl (C=O) groups is 3. The molecule has 0 aromatic carbocycles. The molecular formula is C15H32N4O4S. The van der Waals surface area contributed by atoms with Gasteiger partial charge in [-0.1, -0.05) is 25.8 Å². The molecule has 0 rings (SSSR count). The smallest absolute Gasteiger partial charge is 0.307 e. The van der Waals surface area contributed by atoms with Gasteiger partial charge in [0.15, 0.2) is 0 Å². The lowest BCUT2D eigenvalue weighted by Crippen LogP contribution is -2.49. The van der Waals surface area contributed by atoms with Gasteiger partial charge in [-0.2, -0.15) is 0 Å². The summed E-state index contributed by atoms with van der Waals surface area (Å²) in [6, 6.07) is -0.565. The van der Waals surface area contributed by atoms with Crippen molar-refractivity contribution < 1.29 is 19.5 Å². The Labute approximate surface area is 148 Å². The minimum atomic E-state index is -0.750. The summed E-state index contributed by atoms with van der Waals surface area (Å²) in [7, 11) is 0. The molecule has 2 amide bonds. The molecule has 3 unspecified atom stereocenters. The molecule has 0 aliphatic rings. The molecule has 0 aromatic rings. The quantitative estimate of drug-likeness (QED) is 0.279. The van der Waals surface area contributed by atoms with Crippen molar-refractivity contribution in [2.75, 3.05) is 6.54 Å². The summed E-state index contributed by atoms with van der Waals surface area (Å²) in [6.07, 6.45) is 1.88. The third-order valence-electron chi connectivity index (χ3n) is 3.67. The maximum absolute atomic E-state index is 11.2. The number of carboxylic acids is 1. The molecule has 142 valence electrons. The van der Waals surface area contributed by atoms with Crippen molar-refractivity contribution >= 4 is 30.2 Å². The highest BCUT2D eigenvalue weighted by Crippen LogP contribution is 2.34. The van der Waals surface area contributed by atoms with Crippen LogP contribution in [0.25, 0.3) is 0 Å². The first-order chi connectivity index (χ1) is 11.1. The predicted molar refractivity (Wildman–Crippen MR) is 97.2 cm³/mol. The summed E-state index contributed by atoms with van der Waals surface area (Å²) < 4.78 is -0.333. The highest BCUT2D eigenvalue weighted by atomic mass is 32.2. The zero-order valence-corrected chi connectivity index (χ0v) is 16.0. The average molecular weight is 365 g/mol. The maximum atomic E-state index is 11.2. The van der Waals surface area contributed by atoms with Crippen LogP contribution in [-0.2, 0) is 14.4 Å². The molecule has 0 heterocycles. The molecule has 0 saturated carbocycles. The number of rotatable bonds is 10. The monoisotopic (exact) mass is 364 g/mol. The van der Waals surface area contributed by atoms with Crippen LogP contribution in [0.1, 0.15) is 47.5 Å². The second kappa shape index (κ2) is 13.0. The fraction of sp³-hybridized carbons (Fsp3) is 0.800. The Morgan fingerprint density at radius 1 is 1.33 bits per heavy atom. The molecule has 8 nitrogen and oxygen atoms in total. The summed E-state index contributed by atoms with van der Waals surface area (Å²) in [5.74, 6) is -1.35. The zero-order chi connectivity index (χ0) is 19.3. The maximum Gasteiger partial charge on any atom is 0.307 e. The Bertz CT molecular complexity index is 390. The lowest BCUT2D eigenvalue weighted by Gasteiger charge is -2.31. The van der Waals surface area contributed by atoms with Gasteiger partial charge in [0.1, 0.15) is 6.04 Å². The van der Waals surface area contributed by atoms with Crippen molar-refractivity contribution in [3.8, 4) is 0 Å². The van der Waals surface area contributed by atoms with Crippen molar-refractivity contribution in [3.63, 3.8) is 0 Å². The van der Waals surface area contributed by atoms with Gasteiger partial charge >= 0.3 is 5.97 Å². The van der Waals surface area contributed by atoms with E-state index in [4.69, 9.17) is 16.0 Å². The number of carboxylic acid groups (broad SMARTS) is 1. The normalized spacial score (nSPS) is 15.3. The minimum Gasteiger partial charge on any atom is -0.481 e. The van der Waals surface area contributed by atoms with E-state index in [-0.39, 0.29) is 29.2 Å². The molecule has 7 N–H and O–H groups in total. The SMILES string of the molecule is CC(C)NC(=O)C(CN)NC=O.CCC(C(=O)O)C(C)(CC)SN. The van der Waals surface area contributed by atoms with Gasteiger partial charge in [0.25, 0.3) is 0 Å². The van der Waals surface area contributed by atoms with Crippen molar-refractivity contribution in [1.29, 1.82) is 0 Å². The first-order valence-corrected chi connectivity index (χ1v) is 8.82. The zero-order valence-electron chi connectivity index (χ0n) is 15.2. The van der Waals surface area contributed by atoms with Gasteiger partial charge in [-0.25, -0.2) is 0 Å². The molecular weight excluding hydrogens is 332 g/mol. The van der Waals surface area contributed by atoms with Gasteiger partial charge in [0.05, 0.1) is 5.92 Å². The second-order valence-electron chi connectivity index (χ2n) is 5.82. The standard InChI is InChI=1S/C8H17NO2S.C7H15N3O2/c1-4-6(7(10)11)8(3,5-2)12-9;1-5(2)10-7(12)6(3-8)9-4-11/h6H,4-5,9H2,1-3H3,(H,10,11);4-6H,3,8H2,1-2H3,(H,9,11)(H,10,12). The van der Waals surface area contributed by atoms with Crippen LogP contribution in [0.5, 0.6) is 0 Å². The molecule has 24 heavy (non-hydrogen) atoms. The summed E-state index contributed by atoms with van der Waals surface area (Å²) in [5.41, 5.74) is 5.25. The Hall–Kier alpha value is -1.32. The van der Waals surface area contributed by atoms with Crippen LogP contribution in [0, 0.1) is 5.92 Å². The molecule has 0 fully saturated rings. The molecule has 0 aliphatic carbocycles. The van der Waals surface area contributed by atoms with Gasteiger partial charge in [-0.3, -0.25) is 19.5 Å². The van der Waals surface area contributed by atoms with Crippen LogP contribution in [0.3, 0.4) is 0 Å². The van der Waals surface area contributed by atoms with Gasteiger partial charge in [0, 0.05) is 17.3 Å². The third kappa shape index (κ3) is 9.09. The van der Waals surface area contributed by atoms with Crippen LogP contribution in [-0.4, -0.2) is 46.8 Å². The molecule has 3 atom stereocenters. The fourth-order valence-electron chi connectivity index (χ4n) is 2.00. The van der Waals surface area contributed by atoms with Crippen molar-refractivity contribution in [2.45, 2.75) is 64.3 Å². The summed E-state index contributed by atoms with van der Waals surface area (Å²) >= 11 is 1.15. The van der Waals surface area contributed by atoms with Crippen LogP contribution in [0.2, 0.25) is 0 Å². The van der Waals surface area contributed by atoms with Crippen LogP contribution in [0.4, 0.5) is 0 Å². The topological polar surface area (TPSA) is 148 Å². The number of aliphatic carboxylic acids is 1. The molecule has 0 radical (unpaired) electrons. The molecule has 0 aromatic heterocycles. The molecule has 0 bridgehead atoms. The van der Waals surface area contributed by atoms with Gasteiger partial charge in [0.2, 0.25) is 12.3 Å². The number of hydrogen-bond acceptors (Lipinski definition) is 6. The Balaban J connectivity index is 0. The number of nitrogens with one attached hydrogen (secondary N) is 2. The summed E-state index contributed by atoms with van der Waals surface area (Å²) in [5, 5.41) is 19.3. The average Bonchev–Trinajstić information content (AvgIpc) is 2.52. The number of nitrogens with two attached hydrogens (primary N) is 2. The molecule has 0 saturated heterocycles. The highest BCUT2D eigenvalue weighted by Gasteiger charge is 2.36. The van der Waals surface area contributed by atoms with Gasteiger partial charge in [-0.15, -0.1) is 0 Å². The number of hydrogen-bond donors (Lipinski definition) is 5. The Morgan fingerprint density at radius 2 is 1.88 bits per heavy atom. The molecule has 0 aliphatic heterocycles. The molecule has 9 heteroatoms. The van der Waals surface area contributed by atoms with Gasteiger partial charge in [-0.05, 0) is 33.6 Å². The van der Waals surface area contributed by atoms with E-state index in [1.54, 1.807) is 0 Å². The fourth-order valence-corrected chi connectivity index (χ4v) is 2.60. The second-order valence-corrected chi connectivity index (χ2v) is 6.99. The van der Waals surface area contributed by atoms with E-state index in [1.165, 1.54) is 0 Å².